The fourth-order valence-corrected chi connectivity index (χ4v) is 2.08. The maximum atomic E-state index is 11.9. The van der Waals surface area contributed by atoms with E-state index >= 15 is 0 Å². The summed E-state index contributed by atoms with van der Waals surface area (Å²) >= 11 is 6.29. The van der Waals surface area contributed by atoms with Gasteiger partial charge in [0.25, 0.3) is 11.6 Å². The van der Waals surface area contributed by atoms with Crippen LogP contribution in [-0.2, 0) is 4.79 Å². The van der Waals surface area contributed by atoms with Gasteiger partial charge in [-0.2, -0.15) is 0 Å². The fourth-order valence-electron chi connectivity index (χ4n) is 1.34. The van der Waals surface area contributed by atoms with Crippen molar-refractivity contribution in [1.29, 1.82) is 0 Å². The van der Waals surface area contributed by atoms with Crippen LogP contribution in [0.2, 0.25) is 5.02 Å². The molecule has 1 aromatic heterocycles. The van der Waals surface area contributed by atoms with Gasteiger partial charge >= 0.3 is 5.97 Å². The van der Waals surface area contributed by atoms with Crippen molar-refractivity contribution < 1.29 is 23.4 Å². The lowest BCUT2D eigenvalue weighted by Crippen LogP contribution is -2.09. The van der Waals surface area contributed by atoms with Crippen molar-refractivity contribution in [2.24, 2.45) is 0 Å². The highest BCUT2D eigenvalue weighted by Gasteiger charge is 2.14. The van der Waals surface area contributed by atoms with E-state index in [0.29, 0.717) is 17.4 Å². The number of aromatic nitrogens is 2. The molecule has 2 rings (SSSR count). The minimum absolute atomic E-state index is 0.169. The number of carboxylic acid groups (broad SMARTS) is 1. The number of rotatable bonds is 6. The Morgan fingerprint density at radius 1 is 1.42 bits per heavy atom. The van der Waals surface area contributed by atoms with Crippen LogP contribution >= 0.6 is 22.9 Å². The summed E-state index contributed by atoms with van der Waals surface area (Å²) in [4.78, 5) is 10.00. The molecule has 1 heterocycles. The van der Waals surface area contributed by atoms with Gasteiger partial charge in [0, 0.05) is 5.02 Å². The van der Waals surface area contributed by atoms with Crippen LogP contribution in [0, 0.1) is 0 Å². The van der Waals surface area contributed by atoms with Gasteiger partial charge in [-0.1, -0.05) is 60.1 Å². The van der Waals surface area contributed by atoms with Gasteiger partial charge in [-0.15, -0.1) is 16.8 Å². The lowest BCUT2D eigenvalue weighted by atomic mass is 10.3. The van der Waals surface area contributed by atoms with Crippen LogP contribution in [0.25, 0.3) is 5.32 Å². The Bertz CT molecular complexity index is 656. The van der Waals surface area contributed by atoms with Gasteiger partial charge in [-0.3, -0.25) is 0 Å². The Hall–Kier alpha value is -2.00. The van der Waals surface area contributed by atoms with Crippen molar-refractivity contribution in [2.45, 2.75) is 26.3 Å². The lowest BCUT2D eigenvalue weighted by Gasteiger charge is -2.25. The molecule has 0 amide bonds. The third-order valence-electron chi connectivity index (χ3n) is 2.14. The van der Waals surface area contributed by atoms with Crippen LogP contribution in [0.3, 0.4) is 0 Å². The maximum absolute atomic E-state index is 11.9. The molecular formula is C14H15ClF2N3O3S-. The third-order valence-corrected chi connectivity index (χ3v) is 3.22. The second kappa shape index (κ2) is 9.99. The van der Waals surface area contributed by atoms with Gasteiger partial charge in [0.2, 0.25) is 0 Å². The second-order valence-electron chi connectivity index (χ2n) is 4.59. The number of nitrogens with zero attached hydrogens (tertiary/aromatic N) is 3. The number of carbonyl (C=O) groups is 1. The van der Waals surface area contributed by atoms with E-state index in [1.807, 2.05) is 38.1 Å². The molecule has 0 saturated heterocycles. The van der Waals surface area contributed by atoms with E-state index in [9.17, 15) is 13.6 Å². The van der Waals surface area contributed by atoms with E-state index < -0.39 is 24.0 Å². The first-order valence-electron chi connectivity index (χ1n) is 6.70. The van der Waals surface area contributed by atoms with E-state index in [1.54, 1.807) is 0 Å². The average molecular weight is 379 g/mol. The van der Waals surface area contributed by atoms with Crippen LogP contribution in [0.5, 0.6) is 5.19 Å². The first-order chi connectivity index (χ1) is 11.3. The van der Waals surface area contributed by atoms with E-state index in [2.05, 4.69) is 20.3 Å². The summed E-state index contributed by atoms with van der Waals surface area (Å²) in [6, 6.07) is 7.89. The smallest absolute Gasteiger partial charge is 0.341 e. The Kier molecular flexibility index (Phi) is 8.34. The second-order valence-corrected chi connectivity index (χ2v) is 6.00. The number of benzene rings is 1. The molecule has 0 aliphatic heterocycles. The minimum Gasteiger partial charge on any atom is -0.682 e. The highest BCUT2D eigenvalue weighted by molar-refractivity contribution is 7.13. The zero-order valence-corrected chi connectivity index (χ0v) is 14.4. The van der Waals surface area contributed by atoms with Gasteiger partial charge in [-0.25, -0.2) is 13.6 Å². The highest BCUT2D eigenvalue weighted by Crippen LogP contribution is 2.26. The number of hydrogen-bond donors (Lipinski definition) is 1. The average Bonchev–Trinajstić information content (AvgIpc) is 2.94. The van der Waals surface area contributed by atoms with Crippen molar-refractivity contribution in [3.05, 3.63) is 39.6 Å². The Morgan fingerprint density at radius 2 is 2.12 bits per heavy atom. The van der Waals surface area contributed by atoms with Crippen molar-refractivity contribution in [3.63, 3.8) is 0 Å². The fraction of sp³-hybridized carbons (Fsp3) is 0.357. The standard InChI is InChI=1S/C9H11ClN.C5H4F2N2O3S/c1-7(2)11-9-5-3-4-8(10)6-9;6-3(7)4-8-9-5(13-4)12-1-2(10)11/h3-7H,1-2H3;3H,1H2,(H,10,11)/q-1;. The molecule has 0 saturated carbocycles. The quantitative estimate of drug-likeness (QED) is 0.787. The molecule has 1 N–H and O–H groups in total. The summed E-state index contributed by atoms with van der Waals surface area (Å²) in [7, 11) is 0. The molecule has 0 unspecified atom stereocenters. The number of ether oxygens (including phenoxy) is 1. The number of hydrogen-bond acceptors (Lipinski definition) is 5. The number of alkyl halides is 2. The molecule has 0 bridgehead atoms. The van der Waals surface area contributed by atoms with Gasteiger partial charge in [0.05, 0.1) is 0 Å². The van der Waals surface area contributed by atoms with Crippen molar-refractivity contribution >= 4 is 34.6 Å². The van der Waals surface area contributed by atoms with Crippen molar-refractivity contribution in [1.82, 2.24) is 10.2 Å². The van der Waals surface area contributed by atoms with Crippen molar-refractivity contribution in [3.8, 4) is 5.19 Å². The number of halogens is 3. The van der Waals surface area contributed by atoms with E-state index in [0.717, 1.165) is 10.7 Å². The third kappa shape index (κ3) is 8.02. The molecule has 132 valence electrons. The molecule has 6 nitrogen and oxygen atoms in total. The number of carboxylic acids is 1. The summed E-state index contributed by atoms with van der Waals surface area (Å²) in [5, 5.41) is 18.9. The summed E-state index contributed by atoms with van der Waals surface area (Å²) in [6.45, 7) is 3.47. The maximum Gasteiger partial charge on any atom is 0.341 e. The molecule has 0 aliphatic rings. The Morgan fingerprint density at radius 3 is 2.62 bits per heavy atom. The molecule has 0 atom stereocenters. The summed E-state index contributed by atoms with van der Waals surface area (Å²) in [5.41, 5.74) is 0.951. The van der Waals surface area contributed by atoms with Gasteiger partial charge < -0.3 is 15.2 Å². The molecular weight excluding hydrogens is 364 g/mol. The number of aliphatic carboxylic acids is 1. The molecule has 2 aromatic rings. The molecule has 0 radical (unpaired) electrons. The summed E-state index contributed by atoms with van der Waals surface area (Å²) in [6.07, 6.45) is -2.71. The van der Waals surface area contributed by atoms with Crippen LogP contribution in [0.1, 0.15) is 25.3 Å². The molecule has 0 aliphatic carbocycles. The van der Waals surface area contributed by atoms with Gasteiger partial charge in [0.15, 0.2) is 11.6 Å². The van der Waals surface area contributed by atoms with Crippen LogP contribution in [0.15, 0.2) is 24.3 Å². The van der Waals surface area contributed by atoms with Crippen LogP contribution in [-0.4, -0.2) is 33.9 Å². The minimum atomic E-state index is -2.71. The lowest BCUT2D eigenvalue weighted by molar-refractivity contribution is -0.139. The van der Waals surface area contributed by atoms with E-state index in [1.165, 1.54) is 0 Å². The summed E-state index contributed by atoms with van der Waals surface area (Å²) in [5.74, 6) is -1.20. The first kappa shape index (κ1) is 20.0. The van der Waals surface area contributed by atoms with Crippen molar-refractivity contribution in [2.75, 3.05) is 6.61 Å². The topological polar surface area (TPSA) is 86.4 Å². The molecule has 24 heavy (non-hydrogen) atoms. The zero-order chi connectivity index (χ0) is 18.1. The predicted molar refractivity (Wildman–Crippen MR) is 87.6 cm³/mol. The molecule has 1 aromatic carbocycles. The van der Waals surface area contributed by atoms with Gasteiger partial charge in [0.1, 0.15) is 0 Å². The Balaban J connectivity index is 0.000000243. The van der Waals surface area contributed by atoms with E-state index in [-0.39, 0.29) is 5.19 Å². The molecule has 0 fully saturated rings. The summed E-state index contributed by atoms with van der Waals surface area (Å²) < 4.78 is 28.3. The Labute approximate surface area is 146 Å². The van der Waals surface area contributed by atoms with Crippen LogP contribution in [0.4, 0.5) is 14.5 Å². The monoisotopic (exact) mass is 378 g/mol. The molecule has 10 heteroatoms. The predicted octanol–water partition coefficient (Wildman–Crippen LogP) is 4.69. The van der Waals surface area contributed by atoms with E-state index in [4.69, 9.17) is 16.7 Å². The van der Waals surface area contributed by atoms with Crippen LogP contribution < -0.4 is 4.74 Å². The highest BCUT2D eigenvalue weighted by atomic mass is 35.5. The first-order valence-corrected chi connectivity index (χ1v) is 7.90. The van der Waals surface area contributed by atoms with Gasteiger partial charge in [-0.05, 0) is 6.07 Å². The molecule has 0 spiro atoms. The largest absolute Gasteiger partial charge is 0.682 e. The normalized spacial score (nSPS) is 10.3. The SMILES string of the molecule is CC(C)[N-]c1cccc(Cl)c1.O=C(O)COc1nnc(C(F)F)s1. The zero-order valence-electron chi connectivity index (χ0n) is 12.8.